The van der Waals surface area contributed by atoms with E-state index in [4.69, 9.17) is 4.74 Å². The number of carbonyl (C=O) groups excluding carboxylic acids is 1. The molecule has 2 saturated heterocycles. The molecule has 1 amide bonds. The van der Waals surface area contributed by atoms with Crippen LogP contribution in [0.2, 0.25) is 0 Å². The zero-order valence-electron chi connectivity index (χ0n) is 18.0. The maximum Gasteiger partial charge on any atom is 0.409 e. The molecule has 0 aromatic heterocycles. The van der Waals surface area contributed by atoms with Gasteiger partial charge in [0, 0.05) is 55.5 Å². The fourth-order valence-electron chi connectivity index (χ4n) is 3.76. The van der Waals surface area contributed by atoms with Gasteiger partial charge in [-0.15, -0.1) is 11.8 Å². The third-order valence-corrected chi connectivity index (χ3v) is 6.68. The highest BCUT2D eigenvalue weighted by atomic mass is 32.2. The van der Waals surface area contributed by atoms with Gasteiger partial charge in [0.2, 0.25) is 0 Å². The van der Waals surface area contributed by atoms with E-state index < -0.39 is 0 Å². The van der Waals surface area contributed by atoms with Crippen LogP contribution in [-0.2, 0) is 11.3 Å². The van der Waals surface area contributed by atoms with Gasteiger partial charge < -0.3 is 14.8 Å². The van der Waals surface area contributed by atoms with Crippen molar-refractivity contribution in [2.24, 2.45) is 5.92 Å². The molecule has 7 heteroatoms. The summed E-state index contributed by atoms with van der Waals surface area (Å²) < 4.78 is 5.74. The quantitative estimate of drug-likeness (QED) is 0.727. The third kappa shape index (κ3) is 7.17. The fraction of sp³-hybridized carbons (Fsp3) is 0.682. The number of hydrogen-bond acceptors (Lipinski definition) is 6. The lowest BCUT2D eigenvalue weighted by atomic mass is 9.99. The van der Waals surface area contributed by atoms with Crippen molar-refractivity contribution >= 4 is 17.9 Å². The van der Waals surface area contributed by atoms with E-state index in [9.17, 15) is 10.0 Å². The molecular weight excluding hydrogens is 386 g/mol. The van der Waals surface area contributed by atoms with E-state index in [2.05, 4.69) is 49.9 Å². The van der Waals surface area contributed by atoms with E-state index in [0.29, 0.717) is 38.7 Å². The monoisotopic (exact) mass is 421 g/mol. The van der Waals surface area contributed by atoms with Crippen LogP contribution in [0.3, 0.4) is 0 Å². The predicted octanol–water partition coefficient (Wildman–Crippen LogP) is 3.93. The van der Waals surface area contributed by atoms with Gasteiger partial charge in [0.05, 0.1) is 6.61 Å². The molecule has 0 radical (unpaired) electrons. The number of piperidine rings is 1. The molecule has 1 N–H and O–H groups in total. The summed E-state index contributed by atoms with van der Waals surface area (Å²) in [6.45, 7) is 12.6. The smallest absolute Gasteiger partial charge is 0.409 e. The number of rotatable bonds is 5. The minimum absolute atomic E-state index is 0.187. The van der Waals surface area contributed by atoms with Gasteiger partial charge in [0.1, 0.15) is 0 Å². The van der Waals surface area contributed by atoms with Gasteiger partial charge in [0.25, 0.3) is 0 Å². The van der Waals surface area contributed by atoms with Gasteiger partial charge in [-0.2, -0.15) is 5.06 Å². The van der Waals surface area contributed by atoms with Crippen molar-refractivity contribution in [3.8, 4) is 0 Å². The van der Waals surface area contributed by atoms with Crippen molar-refractivity contribution in [1.29, 1.82) is 0 Å². The molecule has 0 saturated carbocycles. The standard InChI is InChI=1S/C22H35N3O3S/c1-22(2,3)29-20-7-5-4-6-19(20)16-23-12-14-24(15-13-23)21(26)28-17-18-8-10-25(27)11-9-18/h4-7,18,27H,8-17H2,1-3H3. The first-order chi connectivity index (χ1) is 13.8. The summed E-state index contributed by atoms with van der Waals surface area (Å²) in [6, 6.07) is 8.64. The van der Waals surface area contributed by atoms with E-state index in [0.717, 1.165) is 32.5 Å². The number of nitrogens with zero attached hydrogens (tertiary/aromatic N) is 3. The second-order valence-electron chi connectivity index (χ2n) is 9.06. The Balaban J connectivity index is 1.43. The zero-order chi connectivity index (χ0) is 20.9. The molecule has 0 unspecified atom stereocenters. The number of benzene rings is 1. The predicted molar refractivity (Wildman–Crippen MR) is 116 cm³/mol. The SMILES string of the molecule is CC(C)(C)Sc1ccccc1CN1CCN(C(=O)OCC2CCN(O)CC2)CC1. The number of carbonyl (C=O) groups is 1. The Bertz CT molecular complexity index is 664. The molecule has 2 aliphatic heterocycles. The van der Waals surface area contributed by atoms with E-state index in [1.165, 1.54) is 15.5 Å². The number of amides is 1. The molecular formula is C22H35N3O3S. The van der Waals surface area contributed by atoms with Gasteiger partial charge in [-0.05, 0) is 30.4 Å². The number of piperazine rings is 1. The van der Waals surface area contributed by atoms with Gasteiger partial charge in [0.15, 0.2) is 0 Å². The van der Waals surface area contributed by atoms with E-state index >= 15 is 0 Å². The summed E-state index contributed by atoms with van der Waals surface area (Å²) in [5.74, 6) is 0.362. The van der Waals surface area contributed by atoms with Crippen LogP contribution >= 0.6 is 11.8 Å². The minimum atomic E-state index is -0.195. The molecule has 162 valence electrons. The van der Waals surface area contributed by atoms with Crippen LogP contribution in [-0.4, -0.2) is 76.8 Å². The Morgan fingerprint density at radius 2 is 1.76 bits per heavy atom. The highest BCUT2D eigenvalue weighted by molar-refractivity contribution is 8.00. The molecule has 0 spiro atoms. The van der Waals surface area contributed by atoms with Crippen molar-refractivity contribution < 1.29 is 14.7 Å². The van der Waals surface area contributed by atoms with Crippen LogP contribution in [0, 0.1) is 5.92 Å². The fourth-order valence-corrected chi connectivity index (χ4v) is 4.83. The molecule has 2 heterocycles. The maximum absolute atomic E-state index is 12.4. The maximum atomic E-state index is 12.4. The first-order valence-electron chi connectivity index (χ1n) is 10.6. The largest absolute Gasteiger partial charge is 0.449 e. The van der Waals surface area contributed by atoms with Crippen LogP contribution in [0.5, 0.6) is 0 Å². The van der Waals surface area contributed by atoms with Crippen molar-refractivity contribution in [3.05, 3.63) is 29.8 Å². The Hall–Kier alpha value is -1.28. The Morgan fingerprint density at radius 3 is 2.41 bits per heavy atom. The molecule has 0 aliphatic carbocycles. The van der Waals surface area contributed by atoms with Crippen molar-refractivity contribution in [2.75, 3.05) is 45.9 Å². The molecule has 3 rings (SSSR count). The topological polar surface area (TPSA) is 56.2 Å². The first kappa shape index (κ1) is 22.4. The van der Waals surface area contributed by atoms with E-state index in [-0.39, 0.29) is 10.8 Å². The highest BCUT2D eigenvalue weighted by Crippen LogP contribution is 2.34. The van der Waals surface area contributed by atoms with Crippen molar-refractivity contribution in [1.82, 2.24) is 14.9 Å². The van der Waals surface area contributed by atoms with E-state index in [1.807, 2.05) is 16.7 Å². The van der Waals surface area contributed by atoms with Crippen LogP contribution in [0.4, 0.5) is 4.79 Å². The zero-order valence-corrected chi connectivity index (χ0v) is 18.8. The Kier molecular flexibility index (Phi) is 7.85. The van der Waals surface area contributed by atoms with Gasteiger partial charge >= 0.3 is 6.09 Å². The van der Waals surface area contributed by atoms with Crippen LogP contribution in [0.15, 0.2) is 29.2 Å². The molecule has 29 heavy (non-hydrogen) atoms. The summed E-state index contributed by atoms with van der Waals surface area (Å²) in [5, 5.41) is 10.8. The highest BCUT2D eigenvalue weighted by Gasteiger charge is 2.25. The number of hydrogen-bond donors (Lipinski definition) is 1. The second-order valence-corrected chi connectivity index (χ2v) is 10.9. The lowest BCUT2D eigenvalue weighted by molar-refractivity contribution is -0.115. The second kappa shape index (κ2) is 10.2. The number of ether oxygens (including phenoxy) is 1. The first-order valence-corrected chi connectivity index (χ1v) is 11.5. The molecule has 6 nitrogen and oxygen atoms in total. The number of thioether (sulfide) groups is 1. The average Bonchev–Trinajstić information content (AvgIpc) is 2.68. The Labute approximate surface area is 179 Å². The molecule has 2 fully saturated rings. The van der Waals surface area contributed by atoms with Crippen LogP contribution in [0.1, 0.15) is 39.2 Å². The molecule has 1 aromatic rings. The molecule has 2 aliphatic rings. The minimum Gasteiger partial charge on any atom is -0.449 e. The molecule has 1 aromatic carbocycles. The van der Waals surface area contributed by atoms with E-state index in [1.54, 1.807) is 0 Å². The summed E-state index contributed by atoms with van der Waals surface area (Å²) in [6.07, 6.45) is 1.56. The number of hydroxylamine groups is 2. The normalized spacial score (nSPS) is 20.1. The summed E-state index contributed by atoms with van der Waals surface area (Å²) in [5.41, 5.74) is 1.36. The summed E-state index contributed by atoms with van der Waals surface area (Å²) >= 11 is 1.91. The molecule has 0 atom stereocenters. The lowest BCUT2D eigenvalue weighted by Crippen LogP contribution is -2.48. The van der Waals surface area contributed by atoms with Gasteiger partial charge in [-0.1, -0.05) is 39.0 Å². The van der Waals surface area contributed by atoms with Crippen molar-refractivity contribution in [2.45, 2.75) is 49.8 Å². The average molecular weight is 422 g/mol. The van der Waals surface area contributed by atoms with Crippen molar-refractivity contribution in [3.63, 3.8) is 0 Å². The lowest BCUT2D eigenvalue weighted by Gasteiger charge is -2.35. The third-order valence-electron chi connectivity index (χ3n) is 5.45. The Morgan fingerprint density at radius 1 is 1.10 bits per heavy atom. The van der Waals surface area contributed by atoms with Gasteiger partial charge in [-0.3, -0.25) is 4.90 Å². The summed E-state index contributed by atoms with van der Waals surface area (Å²) in [7, 11) is 0. The molecule has 0 bridgehead atoms. The van der Waals surface area contributed by atoms with Gasteiger partial charge in [-0.25, -0.2) is 4.79 Å². The van der Waals surface area contributed by atoms with Crippen LogP contribution in [0.25, 0.3) is 0 Å². The summed E-state index contributed by atoms with van der Waals surface area (Å²) in [4.78, 5) is 18.0. The van der Waals surface area contributed by atoms with Crippen LogP contribution < -0.4 is 0 Å².